The molecule has 1 aliphatic carbocycles. The molecule has 0 amide bonds. The Balaban J connectivity index is 1.78. The van der Waals surface area contributed by atoms with Crippen molar-refractivity contribution in [3.8, 4) is 0 Å². The molecule has 0 radical (unpaired) electrons. The molecule has 2 nitrogen and oxygen atoms in total. The first-order chi connectivity index (χ1) is 7.29. The van der Waals surface area contributed by atoms with Crippen molar-refractivity contribution in [1.82, 2.24) is 5.32 Å². The van der Waals surface area contributed by atoms with Crippen molar-refractivity contribution in [2.24, 2.45) is 0 Å². The van der Waals surface area contributed by atoms with Gasteiger partial charge in [0.1, 0.15) is 0 Å². The summed E-state index contributed by atoms with van der Waals surface area (Å²) in [6, 6.07) is 0.758. The first kappa shape index (κ1) is 11.7. The minimum Gasteiger partial charge on any atom is -0.377 e. The van der Waals surface area contributed by atoms with Crippen LogP contribution < -0.4 is 5.32 Å². The second kappa shape index (κ2) is 5.55. The molecule has 1 saturated heterocycles. The van der Waals surface area contributed by atoms with Crippen molar-refractivity contribution in [2.45, 2.75) is 61.7 Å². The maximum absolute atomic E-state index is 5.62. The summed E-state index contributed by atoms with van der Waals surface area (Å²) >= 11 is 2.19. The molecule has 0 spiro atoms. The molecule has 1 aliphatic heterocycles. The molecule has 4 unspecified atom stereocenters. The lowest BCUT2D eigenvalue weighted by Gasteiger charge is -2.30. The van der Waals surface area contributed by atoms with Crippen LogP contribution in [0.1, 0.15) is 39.0 Å². The molecule has 2 rings (SSSR count). The summed E-state index contributed by atoms with van der Waals surface area (Å²) in [5.41, 5.74) is 0. The van der Waals surface area contributed by atoms with Crippen molar-refractivity contribution >= 4 is 11.8 Å². The Hall–Kier alpha value is 0.270. The lowest BCUT2D eigenvalue weighted by molar-refractivity contribution is 0.127. The number of ether oxygens (including phenoxy) is 1. The van der Waals surface area contributed by atoms with E-state index >= 15 is 0 Å². The predicted octanol–water partition coefficient (Wildman–Crippen LogP) is 2.43. The highest BCUT2D eigenvalue weighted by Crippen LogP contribution is 2.36. The van der Waals surface area contributed by atoms with Gasteiger partial charge in [0.25, 0.3) is 0 Å². The zero-order valence-electron chi connectivity index (χ0n) is 9.87. The van der Waals surface area contributed by atoms with Gasteiger partial charge < -0.3 is 10.1 Å². The van der Waals surface area contributed by atoms with Crippen LogP contribution in [0, 0.1) is 0 Å². The van der Waals surface area contributed by atoms with Gasteiger partial charge in [0.15, 0.2) is 0 Å². The van der Waals surface area contributed by atoms with E-state index in [4.69, 9.17) is 4.74 Å². The molecular formula is C12H23NOS. The molecule has 1 heterocycles. The lowest BCUT2D eigenvalue weighted by Crippen LogP contribution is -2.33. The molecule has 1 saturated carbocycles. The zero-order chi connectivity index (χ0) is 10.7. The summed E-state index contributed by atoms with van der Waals surface area (Å²) < 4.78 is 5.62. The molecule has 0 aromatic rings. The molecule has 4 atom stereocenters. The van der Waals surface area contributed by atoms with E-state index in [2.05, 4.69) is 31.1 Å². The highest BCUT2D eigenvalue weighted by molar-refractivity contribution is 8.00. The van der Waals surface area contributed by atoms with Crippen molar-refractivity contribution in [3.05, 3.63) is 0 Å². The molecule has 88 valence electrons. The maximum atomic E-state index is 5.62. The predicted molar refractivity (Wildman–Crippen MR) is 66.5 cm³/mol. The molecule has 0 aromatic carbocycles. The largest absolute Gasteiger partial charge is 0.377 e. The van der Waals surface area contributed by atoms with Crippen LogP contribution >= 0.6 is 11.8 Å². The minimum atomic E-state index is 0.477. The summed E-state index contributed by atoms with van der Waals surface area (Å²) in [5, 5.41) is 5.05. The van der Waals surface area contributed by atoms with E-state index in [0.29, 0.717) is 6.10 Å². The number of rotatable bonds is 3. The Kier molecular flexibility index (Phi) is 4.35. The second-order valence-electron chi connectivity index (χ2n) is 4.81. The van der Waals surface area contributed by atoms with Gasteiger partial charge in [-0.1, -0.05) is 6.42 Å². The van der Waals surface area contributed by atoms with Gasteiger partial charge in [-0.05, 0) is 39.7 Å². The Morgan fingerprint density at radius 2 is 2.13 bits per heavy atom. The summed E-state index contributed by atoms with van der Waals surface area (Å²) in [6.45, 7) is 3.20. The van der Waals surface area contributed by atoms with Crippen molar-refractivity contribution in [3.63, 3.8) is 0 Å². The standard InChI is InChI=1S/C12H23NOS/c1-9-12(6-7-14-9)15-11-5-3-4-10(8-11)13-2/h9-13H,3-8H2,1-2H3. The lowest BCUT2D eigenvalue weighted by atomic mass is 9.95. The van der Waals surface area contributed by atoms with E-state index in [0.717, 1.165) is 23.1 Å². The third-order valence-corrected chi connectivity index (χ3v) is 5.49. The summed E-state index contributed by atoms with van der Waals surface area (Å²) in [5.74, 6) is 0. The zero-order valence-corrected chi connectivity index (χ0v) is 10.7. The van der Waals surface area contributed by atoms with E-state index in [1.165, 1.54) is 32.1 Å². The number of hydrogen-bond donors (Lipinski definition) is 1. The average Bonchev–Trinajstić information content (AvgIpc) is 2.65. The van der Waals surface area contributed by atoms with Gasteiger partial charge in [0, 0.05) is 23.1 Å². The van der Waals surface area contributed by atoms with Gasteiger partial charge in [-0.25, -0.2) is 0 Å². The van der Waals surface area contributed by atoms with Crippen LogP contribution in [0.3, 0.4) is 0 Å². The number of hydrogen-bond acceptors (Lipinski definition) is 3. The Morgan fingerprint density at radius 3 is 2.80 bits per heavy atom. The monoisotopic (exact) mass is 229 g/mol. The fraction of sp³-hybridized carbons (Fsp3) is 1.00. The molecule has 0 aromatic heterocycles. The van der Waals surface area contributed by atoms with Gasteiger partial charge in [-0.15, -0.1) is 0 Å². The van der Waals surface area contributed by atoms with Crippen LogP contribution in [0.4, 0.5) is 0 Å². The van der Waals surface area contributed by atoms with Crippen LogP contribution in [0.2, 0.25) is 0 Å². The fourth-order valence-corrected chi connectivity index (χ4v) is 4.34. The normalized spacial score (nSPS) is 42.0. The summed E-state index contributed by atoms with van der Waals surface area (Å²) in [7, 11) is 2.10. The molecule has 2 fully saturated rings. The summed E-state index contributed by atoms with van der Waals surface area (Å²) in [6.07, 6.45) is 7.25. The molecule has 3 heteroatoms. The van der Waals surface area contributed by atoms with Crippen LogP contribution in [0.25, 0.3) is 0 Å². The van der Waals surface area contributed by atoms with E-state index in [-0.39, 0.29) is 0 Å². The van der Waals surface area contributed by atoms with Gasteiger partial charge in [-0.3, -0.25) is 0 Å². The van der Waals surface area contributed by atoms with E-state index < -0.39 is 0 Å². The fourth-order valence-electron chi connectivity index (χ4n) is 2.67. The highest BCUT2D eigenvalue weighted by atomic mass is 32.2. The molecule has 1 N–H and O–H groups in total. The topological polar surface area (TPSA) is 21.3 Å². The quantitative estimate of drug-likeness (QED) is 0.803. The maximum Gasteiger partial charge on any atom is 0.0666 e. The van der Waals surface area contributed by atoms with Crippen LogP contribution in [0.15, 0.2) is 0 Å². The number of thioether (sulfide) groups is 1. The van der Waals surface area contributed by atoms with E-state index in [1.807, 2.05) is 0 Å². The smallest absolute Gasteiger partial charge is 0.0666 e. The Morgan fingerprint density at radius 1 is 1.27 bits per heavy atom. The van der Waals surface area contributed by atoms with Crippen molar-refractivity contribution in [2.75, 3.05) is 13.7 Å². The SMILES string of the molecule is CNC1CCCC(SC2CCOC2C)C1. The average molecular weight is 229 g/mol. The minimum absolute atomic E-state index is 0.477. The molecular weight excluding hydrogens is 206 g/mol. The van der Waals surface area contributed by atoms with Crippen LogP contribution in [0.5, 0.6) is 0 Å². The van der Waals surface area contributed by atoms with Gasteiger partial charge in [0.05, 0.1) is 6.10 Å². The Bertz CT molecular complexity index is 200. The van der Waals surface area contributed by atoms with Crippen LogP contribution in [-0.4, -0.2) is 36.3 Å². The molecule has 2 aliphatic rings. The van der Waals surface area contributed by atoms with E-state index in [1.54, 1.807) is 0 Å². The first-order valence-corrected chi connectivity index (χ1v) is 7.18. The van der Waals surface area contributed by atoms with Crippen LogP contribution in [-0.2, 0) is 4.74 Å². The highest BCUT2D eigenvalue weighted by Gasteiger charge is 2.30. The first-order valence-electron chi connectivity index (χ1n) is 6.24. The molecule has 0 bridgehead atoms. The van der Waals surface area contributed by atoms with Crippen molar-refractivity contribution in [1.29, 1.82) is 0 Å². The third kappa shape index (κ3) is 3.11. The summed E-state index contributed by atoms with van der Waals surface area (Å²) in [4.78, 5) is 0. The second-order valence-corrected chi connectivity index (χ2v) is 6.36. The number of nitrogens with one attached hydrogen (secondary N) is 1. The van der Waals surface area contributed by atoms with Crippen molar-refractivity contribution < 1.29 is 4.74 Å². The third-order valence-electron chi connectivity index (χ3n) is 3.71. The van der Waals surface area contributed by atoms with Gasteiger partial charge >= 0.3 is 0 Å². The molecule has 15 heavy (non-hydrogen) atoms. The Labute approximate surface area is 97.5 Å². The van der Waals surface area contributed by atoms with Gasteiger partial charge in [-0.2, -0.15) is 11.8 Å². The van der Waals surface area contributed by atoms with E-state index in [9.17, 15) is 0 Å². The van der Waals surface area contributed by atoms with Gasteiger partial charge in [0.2, 0.25) is 0 Å².